The summed E-state index contributed by atoms with van der Waals surface area (Å²) in [6.07, 6.45) is 1.70. The molecule has 0 saturated carbocycles. The van der Waals surface area contributed by atoms with E-state index in [1.807, 2.05) is 19.1 Å². The highest BCUT2D eigenvalue weighted by Gasteiger charge is 2.07. The number of H-pyrrole nitrogens is 1. The number of phenols is 1. The average Bonchev–Trinajstić information content (AvgIpc) is 2.72. The summed E-state index contributed by atoms with van der Waals surface area (Å²) in [5, 5.41) is 12.8. The van der Waals surface area contributed by atoms with Crippen LogP contribution in [0.1, 0.15) is 29.9 Å². The van der Waals surface area contributed by atoms with E-state index in [2.05, 4.69) is 22.2 Å². The zero-order valence-electron chi connectivity index (χ0n) is 10.1. The van der Waals surface area contributed by atoms with Gasteiger partial charge in [0.2, 0.25) is 0 Å². The molecule has 1 heterocycles. The Bertz CT molecular complexity index is 493. The lowest BCUT2D eigenvalue weighted by atomic mass is 10.1. The van der Waals surface area contributed by atoms with Crippen molar-refractivity contribution in [3.8, 4) is 5.75 Å². The van der Waals surface area contributed by atoms with Gasteiger partial charge < -0.3 is 15.4 Å². The van der Waals surface area contributed by atoms with Crippen LogP contribution in [0.2, 0.25) is 0 Å². The van der Waals surface area contributed by atoms with Crippen LogP contribution in [0.5, 0.6) is 5.75 Å². The van der Waals surface area contributed by atoms with Gasteiger partial charge in [-0.05, 0) is 31.5 Å². The first-order valence-electron chi connectivity index (χ1n) is 5.68. The third kappa shape index (κ3) is 2.85. The number of aromatic amines is 1. The summed E-state index contributed by atoms with van der Waals surface area (Å²) in [4.78, 5) is 7.28. The van der Waals surface area contributed by atoms with Crippen molar-refractivity contribution < 1.29 is 5.11 Å². The van der Waals surface area contributed by atoms with Crippen molar-refractivity contribution in [3.05, 3.63) is 47.5 Å². The summed E-state index contributed by atoms with van der Waals surface area (Å²) >= 11 is 0. The number of rotatable bonds is 4. The Balaban J connectivity index is 1.98. The van der Waals surface area contributed by atoms with Crippen molar-refractivity contribution in [2.75, 3.05) is 0 Å². The number of aromatic hydroxyl groups is 1. The smallest absolute Gasteiger partial charge is 0.115 e. The summed E-state index contributed by atoms with van der Waals surface area (Å²) in [6.45, 7) is 4.78. The van der Waals surface area contributed by atoms with Gasteiger partial charge in [-0.3, -0.25) is 0 Å². The summed E-state index contributed by atoms with van der Waals surface area (Å²) in [5.74, 6) is 0.298. The molecule has 1 unspecified atom stereocenters. The quantitative estimate of drug-likeness (QED) is 0.756. The van der Waals surface area contributed by atoms with Crippen LogP contribution >= 0.6 is 0 Å². The topological polar surface area (TPSA) is 60.9 Å². The second kappa shape index (κ2) is 5.01. The highest BCUT2D eigenvalue weighted by atomic mass is 16.3. The number of phenolic OH excluding ortho intramolecular Hbond substituents is 1. The van der Waals surface area contributed by atoms with Gasteiger partial charge in [0, 0.05) is 18.3 Å². The van der Waals surface area contributed by atoms with Gasteiger partial charge in [-0.25, -0.2) is 4.98 Å². The molecule has 0 fully saturated rings. The Morgan fingerprint density at radius 2 is 2.29 bits per heavy atom. The molecule has 90 valence electrons. The minimum Gasteiger partial charge on any atom is -0.508 e. The molecule has 3 N–H and O–H groups in total. The molecule has 0 aliphatic heterocycles. The molecule has 0 radical (unpaired) electrons. The van der Waals surface area contributed by atoms with Gasteiger partial charge in [-0.1, -0.05) is 12.1 Å². The minimum absolute atomic E-state index is 0.179. The van der Waals surface area contributed by atoms with Crippen molar-refractivity contribution in [1.29, 1.82) is 0 Å². The van der Waals surface area contributed by atoms with E-state index in [1.165, 1.54) is 0 Å². The molecule has 1 aromatic carbocycles. The normalized spacial score (nSPS) is 12.6. The van der Waals surface area contributed by atoms with Crippen LogP contribution in [0.3, 0.4) is 0 Å². The lowest BCUT2D eigenvalue weighted by molar-refractivity contribution is 0.472. The Hall–Kier alpha value is -1.81. The number of nitrogens with zero attached hydrogens (tertiary/aromatic N) is 1. The predicted molar refractivity (Wildman–Crippen MR) is 66.7 cm³/mol. The van der Waals surface area contributed by atoms with E-state index in [-0.39, 0.29) is 6.04 Å². The standard InChI is InChI=1S/C13H17N3O/c1-9(11-4-3-5-12(17)6-11)14-7-13-10(2)15-8-16-13/h3-6,8-9,14,17H,7H2,1-2H3,(H,15,16). The second-order valence-corrected chi connectivity index (χ2v) is 4.17. The third-order valence-electron chi connectivity index (χ3n) is 2.88. The molecule has 4 nitrogen and oxygen atoms in total. The molecule has 0 bridgehead atoms. The zero-order chi connectivity index (χ0) is 12.3. The highest BCUT2D eigenvalue weighted by Crippen LogP contribution is 2.18. The molecule has 1 aromatic heterocycles. The molecular weight excluding hydrogens is 214 g/mol. The van der Waals surface area contributed by atoms with Crippen molar-refractivity contribution >= 4 is 0 Å². The molecule has 0 aliphatic carbocycles. The molecule has 4 heteroatoms. The van der Waals surface area contributed by atoms with Crippen molar-refractivity contribution in [3.63, 3.8) is 0 Å². The Kier molecular flexibility index (Phi) is 3.44. The number of imidazole rings is 1. The molecule has 2 aromatic rings. The van der Waals surface area contributed by atoms with E-state index >= 15 is 0 Å². The second-order valence-electron chi connectivity index (χ2n) is 4.17. The Morgan fingerprint density at radius 3 is 2.94 bits per heavy atom. The number of nitrogens with one attached hydrogen (secondary N) is 2. The fraction of sp³-hybridized carbons (Fsp3) is 0.308. The number of aryl methyl sites for hydroxylation is 1. The van der Waals surface area contributed by atoms with E-state index < -0.39 is 0 Å². The summed E-state index contributed by atoms with van der Waals surface area (Å²) in [7, 11) is 0. The first-order valence-corrected chi connectivity index (χ1v) is 5.68. The van der Waals surface area contributed by atoms with Gasteiger partial charge in [0.15, 0.2) is 0 Å². The maximum atomic E-state index is 9.41. The number of hydrogen-bond acceptors (Lipinski definition) is 3. The van der Waals surface area contributed by atoms with E-state index in [4.69, 9.17) is 0 Å². The molecule has 0 aliphatic rings. The van der Waals surface area contributed by atoms with Crippen LogP contribution in [0.25, 0.3) is 0 Å². The van der Waals surface area contributed by atoms with Crippen molar-refractivity contribution in [2.24, 2.45) is 0 Å². The number of aromatic nitrogens is 2. The Morgan fingerprint density at radius 1 is 1.47 bits per heavy atom. The van der Waals surface area contributed by atoms with Crippen molar-refractivity contribution in [2.45, 2.75) is 26.4 Å². The number of hydrogen-bond donors (Lipinski definition) is 3. The molecule has 0 spiro atoms. The fourth-order valence-corrected chi connectivity index (χ4v) is 1.73. The van der Waals surface area contributed by atoms with Crippen LogP contribution in [-0.4, -0.2) is 15.1 Å². The van der Waals surface area contributed by atoms with E-state index in [0.717, 1.165) is 17.0 Å². The lowest BCUT2D eigenvalue weighted by Gasteiger charge is -2.13. The summed E-state index contributed by atoms with van der Waals surface area (Å²) in [5.41, 5.74) is 3.18. The highest BCUT2D eigenvalue weighted by molar-refractivity contribution is 5.29. The van der Waals surface area contributed by atoms with E-state index in [9.17, 15) is 5.11 Å². The summed E-state index contributed by atoms with van der Waals surface area (Å²) < 4.78 is 0. The van der Waals surface area contributed by atoms with Gasteiger partial charge in [0.25, 0.3) is 0 Å². The average molecular weight is 231 g/mol. The third-order valence-corrected chi connectivity index (χ3v) is 2.88. The molecule has 0 saturated heterocycles. The summed E-state index contributed by atoms with van der Waals surface area (Å²) in [6, 6.07) is 7.47. The first kappa shape index (κ1) is 11.7. The van der Waals surface area contributed by atoms with Crippen LogP contribution in [0, 0.1) is 6.92 Å². The molecule has 1 atom stereocenters. The van der Waals surface area contributed by atoms with Gasteiger partial charge in [-0.2, -0.15) is 0 Å². The van der Waals surface area contributed by atoms with E-state index in [1.54, 1.807) is 18.5 Å². The molecule has 2 rings (SSSR count). The molecular formula is C13H17N3O. The van der Waals surface area contributed by atoms with Crippen LogP contribution in [0.4, 0.5) is 0 Å². The monoisotopic (exact) mass is 231 g/mol. The Labute approximate surface area is 101 Å². The van der Waals surface area contributed by atoms with Crippen molar-refractivity contribution in [1.82, 2.24) is 15.3 Å². The van der Waals surface area contributed by atoms with Crippen LogP contribution in [-0.2, 0) is 6.54 Å². The lowest BCUT2D eigenvalue weighted by Crippen LogP contribution is -2.18. The maximum absolute atomic E-state index is 9.41. The minimum atomic E-state index is 0.179. The van der Waals surface area contributed by atoms with Gasteiger partial charge in [-0.15, -0.1) is 0 Å². The zero-order valence-corrected chi connectivity index (χ0v) is 10.1. The first-order chi connectivity index (χ1) is 8.16. The SMILES string of the molecule is Cc1[nH]cnc1CNC(C)c1cccc(O)c1. The molecule has 0 amide bonds. The maximum Gasteiger partial charge on any atom is 0.115 e. The largest absolute Gasteiger partial charge is 0.508 e. The van der Waals surface area contributed by atoms with Gasteiger partial charge in [0.05, 0.1) is 12.0 Å². The predicted octanol–water partition coefficient (Wildman–Crippen LogP) is 2.27. The van der Waals surface area contributed by atoms with Gasteiger partial charge in [0.1, 0.15) is 5.75 Å². The van der Waals surface area contributed by atoms with Crippen LogP contribution < -0.4 is 5.32 Å². The van der Waals surface area contributed by atoms with E-state index in [0.29, 0.717) is 12.3 Å². The molecule has 17 heavy (non-hydrogen) atoms. The fourth-order valence-electron chi connectivity index (χ4n) is 1.73. The number of benzene rings is 1. The van der Waals surface area contributed by atoms with Crippen LogP contribution in [0.15, 0.2) is 30.6 Å². The van der Waals surface area contributed by atoms with Gasteiger partial charge >= 0.3 is 0 Å².